The molecule has 0 spiro atoms. The van der Waals surface area contributed by atoms with Crippen LogP contribution in [0.5, 0.6) is 0 Å². The molecule has 2 unspecified atom stereocenters. The Hall–Kier alpha value is -0.860. The van der Waals surface area contributed by atoms with E-state index in [0.29, 0.717) is 0 Å². The maximum atomic E-state index is 9.43. The number of benzene rings is 1. The van der Waals surface area contributed by atoms with Crippen molar-refractivity contribution in [2.24, 2.45) is 0 Å². The molecule has 0 heterocycles. The standard InChI is InChI=1S/C11H16O2.2C2H6/c1-7-10(8(2)12)5-4-6-11(7)9(3)13;2*1-2/h4-6,8-9,12-13H,1-3H3;2*1-2H3. The molecule has 2 nitrogen and oxygen atoms in total. The zero-order valence-corrected chi connectivity index (χ0v) is 12.3. The lowest BCUT2D eigenvalue weighted by atomic mass is 9.96. The van der Waals surface area contributed by atoms with Gasteiger partial charge in [-0.2, -0.15) is 0 Å². The summed E-state index contributed by atoms with van der Waals surface area (Å²) in [6.07, 6.45) is -0.947. The molecule has 0 aliphatic heterocycles. The normalized spacial score (nSPS) is 12.5. The summed E-state index contributed by atoms with van der Waals surface area (Å²) in [6, 6.07) is 5.62. The molecule has 0 fully saturated rings. The van der Waals surface area contributed by atoms with Crippen molar-refractivity contribution in [1.82, 2.24) is 0 Å². The molecule has 1 aromatic rings. The average molecular weight is 240 g/mol. The number of hydrogen-bond donors (Lipinski definition) is 2. The topological polar surface area (TPSA) is 40.5 Å². The zero-order valence-electron chi connectivity index (χ0n) is 12.3. The minimum atomic E-state index is -0.473. The number of hydrogen-bond acceptors (Lipinski definition) is 2. The van der Waals surface area contributed by atoms with E-state index in [0.717, 1.165) is 16.7 Å². The first kappa shape index (κ1) is 18.5. The Morgan fingerprint density at radius 1 is 0.824 bits per heavy atom. The third kappa shape index (κ3) is 5.85. The molecular weight excluding hydrogens is 212 g/mol. The average Bonchev–Trinajstić information content (AvgIpc) is 2.33. The molecule has 0 aliphatic carbocycles. The fourth-order valence-corrected chi connectivity index (χ4v) is 1.58. The fraction of sp³-hybridized carbons (Fsp3) is 0.600. The third-order valence-electron chi connectivity index (χ3n) is 2.32. The summed E-state index contributed by atoms with van der Waals surface area (Å²) in [6.45, 7) is 13.4. The molecule has 0 saturated carbocycles. The van der Waals surface area contributed by atoms with Crippen LogP contribution >= 0.6 is 0 Å². The van der Waals surface area contributed by atoms with Crippen LogP contribution in [0.1, 0.15) is 70.4 Å². The summed E-state index contributed by atoms with van der Waals surface area (Å²) in [4.78, 5) is 0. The number of rotatable bonds is 2. The van der Waals surface area contributed by atoms with E-state index in [2.05, 4.69) is 0 Å². The second-order valence-corrected chi connectivity index (χ2v) is 3.41. The van der Waals surface area contributed by atoms with E-state index in [-0.39, 0.29) is 0 Å². The van der Waals surface area contributed by atoms with Crippen molar-refractivity contribution in [1.29, 1.82) is 0 Å². The van der Waals surface area contributed by atoms with E-state index < -0.39 is 12.2 Å². The molecule has 0 saturated heterocycles. The van der Waals surface area contributed by atoms with Gasteiger partial charge in [-0.1, -0.05) is 45.9 Å². The van der Waals surface area contributed by atoms with Crippen LogP contribution in [-0.2, 0) is 0 Å². The Labute approximate surface area is 106 Å². The summed E-state index contributed by atoms with van der Waals surface area (Å²) in [7, 11) is 0. The Morgan fingerprint density at radius 3 is 1.35 bits per heavy atom. The van der Waals surface area contributed by atoms with Crippen molar-refractivity contribution >= 4 is 0 Å². The Kier molecular flexibility index (Phi) is 11.2. The lowest BCUT2D eigenvalue weighted by Gasteiger charge is -2.14. The van der Waals surface area contributed by atoms with Crippen LogP contribution < -0.4 is 0 Å². The first-order valence-electron chi connectivity index (χ1n) is 6.49. The lowest BCUT2D eigenvalue weighted by molar-refractivity contribution is 0.191. The summed E-state index contributed by atoms with van der Waals surface area (Å²) >= 11 is 0. The highest BCUT2D eigenvalue weighted by Crippen LogP contribution is 2.24. The largest absolute Gasteiger partial charge is 0.389 e. The van der Waals surface area contributed by atoms with Crippen LogP contribution in [0, 0.1) is 6.92 Å². The van der Waals surface area contributed by atoms with E-state index in [1.54, 1.807) is 13.8 Å². The van der Waals surface area contributed by atoms with Gasteiger partial charge in [0.1, 0.15) is 0 Å². The van der Waals surface area contributed by atoms with Gasteiger partial charge in [-0.05, 0) is 37.5 Å². The second kappa shape index (κ2) is 10.3. The van der Waals surface area contributed by atoms with Crippen molar-refractivity contribution in [3.05, 3.63) is 34.9 Å². The molecule has 0 amide bonds. The van der Waals surface area contributed by atoms with Crippen LogP contribution in [0.2, 0.25) is 0 Å². The van der Waals surface area contributed by atoms with Gasteiger partial charge in [0, 0.05) is 0 Å². The fourth-order valence-electron chi connectivity index (χ4n) is 1.58. The van der Waals surface area contributed by atoms with E-state index in [1.165, 1.54) is 0 Å². The van der Waals surface area contributed by atoms with Crippen molar-refractivity contribution in [3.8, 4) is 0 Å². The molecule has 1 aromatic carbocycles. The Bertz CT molecular complexity index is 265. The maximum absolute atomic E-state index is 9.43. The van der Waals surface area contributed by atoms with E-state index in [1.807, 2.05) is 52.8 Å². The Balaban J connectivity index is 0. The molecule has 0 aromatic heterocycles. The van der Waals surface area contributed by atoms with E-state index in [4.69, 9.17) is 0 Å². The smallest absolute Gasteiger partial charge is 0.0764 e. The van der Waals surface area contributed by atoms with Gasteiger partial charge >= 0.3 is 0 Å². The SMILES string of the molecule is CC.CC.Cc1c(C(C)O)cccc1C(C)O. The highest BCUT2D eigenvalue weighted by Gasteiger charge is 2.10. The highest BCUT2D eigenvalue weighted by molar-refractivity contribution is 5.36. The predicted molar refractivity (Wildman–Crippen MR) is 75.1 cm³/mol. The quantitative estimate of drug-likeness (QED) is 0.815. The van der Waals surface area contributed by atoms with E-state index in [9.17, 15) is 10.2 Å². The van der Waals surface area contributed by atoms with Crippen molar-refractivity contribution in [2.75, 3.05) is 0 Å². The molecular formula is C15H28O2. The molecule has 2 atom stereocenters. The van der Waals surface area contributed by atoms with Gasteiger partial charge in [-0.3, -0.25) is 0 Å². The molecule has 100 valence electrons. The minimum Gasteiger partial charge on any atom is -0.389 e. The first-order valence-corrected chi connectivity index (χ1v) is 6.49. The van der Waals surface area contributed by atoms with Crippen LogP contribution in [0.3, 0.4) is 0 Å². The summed E-state index contributed by atoms with van der Waals surface area (Å²) in [5.74, 6) is 0. The predicted octanol–water partition coefficient (Wildman–Crippen LogP) is 4.15. The summed E-state index contributed by atoms with van der Waals surface area (Å²) in [5.41, 5.74) is 2.75. The van der Waals surface area contributed by atoms with Gasteiger partial charge < -0.3 is 10.2 Å². The first-order chi connectivity index (χ1) is 8.04. The number of aliphatic hydroxyl groups is 2. The molecule has 1 rings (SSSR count). The van der Waals surface area contributed by atoms with Crippen LogP contribution in [0.4, 0.5) is 0 Å². The van der Waals surface area contributed by atoms with E-state index >= 15 is 0 Å². The summed E-state index contributed by atoms with van der Waals surface area (Å²) < 4.78 is 0. The van der Waals surface area contributed by atoms with Gasteiger partial charge in [0.15, 0.2) is 0 Å². The van der Waals surface area contributed by atoms with Gasteiger partial charge in [0.2, 0.25) is 0 Å². The summed E-state index contributed by atoms with van der Waals surface area (Å²) in [5, 5.41) is 18.9. The van der Waals surface area contributed by atoms with Crippen molar-refractivity contribution in [2.45, 2.75) is 60.7 Å². The molecule has 2 N–H and O–H groups in total. The van der Waals surface area contributed by atoms with Crippen LogP contribution in [0.15, 0.2) is 18.2 Å². The van der Waals surface area contributed by atoms with Crippen LogP contribution in [-0.4, -0.2) is 10.2 Å². The van der Waals surface area contributed by atoms with Gasteiger partial charge in [0.05, 0.1) is 12.2 Å². The monoisotopic (exact) mass is 240 g/mol. The zero-order chi connectivity index (χ0) is 14.0. The molecule has 0 bridgehead atoms. The van der Waals surface area contributed by atoms with Crippen LogP contribution in [0.25, 0.3) is 0 Å². The molecule has 17 heavy (non-hydrogen) atoms. The lowest BCUT2D eigenvalue weighted by Crippen LogP contribution is -2.01. The minimum absolute atomic E-state index is 0.473. The highest BCUT2D eigenvalue weighted by atomic mass is 16.3. The molecule has 0 aliphatic rings. The van der Waals surface area contributed by atoms with Gasteiger partial charge in [-0.25, -0.2) is 0 Å². The maximum Gasteiger partial charge on any atom is 0.0764 e. The Morgan fingerprint density at radius 2 is 1.12 bits per heavy atom. The van der Waals surface area contributed by atoms with Gasteiger partial charge in [0.25, 0.3) is 0 Å². The van der Waals surface area contributed by atoms with Crippen molar-refractivity contribution in [3.63, 3.8) is 0 Å². The van der Waals surface area contributed by atoms with Gasteiger partial charge in [-0.15, -0.1) is 0 Å². The number of aliphatic hydroxyl groups excluding tert-OH is 2. The second-order valence-electron chi connectivity index (χ2n) is 3.41. The molecule has 0 radical (unpaired) electrons. The van der Waals surface area contributed by atoms with Crippen molar-refractivity contribution < 1.29 is 10.2 Å². The molecule has 2 heteroatoms. The third-order valence-corrected chi connectivity index (χ3v) is 2.32.